The van der Waals surface area contributed by atoms with Crippen LogP contribution in [0.2, 0.25) is 0 Å². The Bertz CT molecular complexity index is 410. The molecule has 1 aromatic heterocycles. The zero-order valence-electron chi connectivity index (χ0n) is 10.4. The largest absolute Gasteiger partial charge is 0.478 e. The van der Waals surface area contributed by atoms with Gasteiger partial charge in [-0.05, 0) is 20.3 Å². The predicted octanol–water partition coefficient (Wildman–Crippen LogP) is 1.52. The van der Waals surface area contributed by atoms with Gasteiger partial charge in [0, 0.05) is 19.2 Å². The Kier molecular flexibility index (Phi) is 5.38. The van der Waals surface area contributed by atoms with Gasteiger partial charge in [-0.15, -0.1) is 0 Å². The van der Waals surface area contributed by atoms with E-state index in [1.807, 2.05) is 13.8 Å². The molecule has 1 aromatic rings. The van der Waals surface area contributed by atoms with Crippen LogP contribution in [0.1, 0.15) is 41.2 Å². The molecule has 0 radical (unpaired) electrons. The second kappa shape index (κ2) is 6.80. The number of carbonyl (C=O) groups excluding carboxylic acids is 1. The number of rotatable bonds is 7. The molecule has 1 amide bonds. The molecular formula is C12H17NO5. The summed E-state index contributed by atoms with van der Waals surface area (Å²) >= 11 is 0. The first-order chi connectivity index (χ1) is 8.50. The molecule has 2 N–H and O–H groups in total. The zero-order chi connectivity index (χ0) is 13.5. The average Bonchev–Trinajstić information content (AvgIpc) is 2.77. The van der Waals surface area contributed by atoms with Crippen LogP contribution in [0.15, 0.2) is 16.7 Å². The molecule has 18 heavy (non-hydrogen) atoms. The number of ether oxygens (including phenoxy) is 1. The Hall–Kier alpha value is -1.82. The van der Waals surface area contributed by atoms with Crippen LogP contribution in [0.3, 0.4) is 0 Å². The maximum absolute atomic E-state index is 11.5. The van der Waals surface area contributed by atoms with Crippen LogP contribution in [-0.4, -0.2) is 36.2 Å². The first-order valence-electron chi connectivity index (χ1n) is 5.72. The fourth-order valence-electron chi connectivity index (χ4n) is 1.25. The van der Waals surface area contributed by atoms with Crippen molar-refractivity contribution in [3.8, 4) is 0 Å². The minimum Gasteiger partial charge on any atom is -0.478 e. The number of nitrogens with one attached hydrogen (secondary N) is 1. The van der Waals surface area contributed by atoms with E-state index in [-0.39, 0.29) is 17.4 Å². The summed E-state index contributed by atoms with van der Waals surface area (Å²) in [6.07, 6.45) is 1.90. The number of hydrogen-bond acceptors (Lipinski definition) is 4. The van der Waals surface area contributed by atoms with Crippen LogP contribution in [-0.2, 0) is 4.74 Å². The molecule has 0 bridgehead atoms. The first kappa shape index (κ1) is 14.2. The highest BCUT2D eigenvalue weighted by Gasteiger charge is 2.13. The SMILES string of the molecule is CC(C)OCCCNC(=O)c1cc(C(=O)O)co1. The van der Waals surface area contributed by atoms with Gasteiger partial charge in [0.25, 0.3) is 5.91 Å². The van der Waals surface area contributed by atoms with Crippen molar-refractivity contribution < 1.29 is 23.8 Å². The van der Waals surface area contributed by atoms with E-state index >= 15 is 0 Å². The van der Waals surface area contributed by atoms with Gasteiger partial charge in [0.2, 0.25) is 0 Å². The highest BCUT2D eigenvalue weighted by molar-refractivity contribution is 5.95. The lowest BCUT2D eigenvalue weighted by molar-refractivity contribution is 0.0695. The summed E-state index contributed by atoms with van der Waals surface area (Å²) in [5, 5.41) is 11.3. The van der Waals surface area contributed by atoms with Gasteiger partial charge in [-0.1, -0.05) is 0 Å². The number of carboxylic acid groups (broad SMARTS) is 1. The molecule has 0 aliphatic heterocycles. The molecule has 6 heteroatoms. The minimum atomic E-state index is -1.12. The number of amides is 1. The Balaban J connectivity index is 2.30. The molecule has 100 valence electrons. The molecule has 0 fully saturated rings. The fraction of sp³-hybridized carbons (Fsp3) is 0.500. The first-order valence-corrected chi connectivity index (χ1v) is 5.72. The van der Waals surface area contributed by atoms with Crippen LogP contribution in [0, 0.1) is 0 Å². The molecule has 1 heterocycles. The van der Waals surface area contributed by atoms with E-state index in [9.17, 15) is 9.59 Å². The smallest absolute Gasteiger partial charge is 0.338 e. The summed E-state index contributed by atoms with van der Waals surface area (Å²) in [5.74, 6) is -1.55. The van der Waals surface area contributed by atoms with Crippen LogP contribution in [0.4, 0.5) is 0 Å². The summed E-state index contributed by atoms with van der Waals surface area (Å²) in [4.78, 5) is 22.1. The standard InChI is InChI=1S/C12H17NO5/c1-8(2)17-5-3-4-13-11(14)10-6-9(7-18-10)12(15)16/h6-8H,3-5H2,1-2H3,(H,13,14)(H,15,16). The summed E-state index contributed by atoms with van der Waals surface area (Å²) in [6.45, 7) is 4.90. The van der Waals surface area contributed by atoms with Gasteiger partial charge >= 0.3 is 5.97 Å². The third kappa shape index (κ3) is 4.58. The van der Waals surface area contributed by atoms with Crippen LogP contribution >= 0.6 is 0 Å². The molecule has 0 spiro atoms. The minimum absolute atomic E-state index is 0.00261. The average molecular weight is 255 g/mol. The van der Waals surface area contributed by atoms with Crippen molar-refractivity contribution in [2.75, 3.05) is 13.2 Å². The van der Waals surface area contributed by atoms with Gasteiger partial charge in [-0.2, -0.15) is 0 Å². The topological polar surface area (TPSA) is 88.8 Å². The monoisotopic (exact) mass is 255 g/mol. The van der Waals surface area contributed by atoms with Crippen LogP contribution in [0.5, 0.6) is 0 Å². The van der Waals surface area contributed by atoms with E-state index in [1.165, 1.54) is 6.07 Å². The van der Waals surface area contributed by atoms with Crippen molar-refractivity contribution in [3.63, 3.8) is 0 Å². The lowest BCUT2D eigenvalue weighted by atomic mass is 10.3. The van der Waals surface area contributed by atoms with Crippen molar-refractivity contribution in [2.24, 2.45) is 0 Å². The van der Waals surface area contributed by atoms with Gasteiger partial charge in [0.15, 0.2) is 5.76 Å². The quantitative estimate of drug-likeness (QED) is 0.721. The predicted molar refractivity (Wildman–Crippen MR) is 63.7 cm³/mol. The molecule has 0 aromatic carbocycles. The van der Waals surface area contributed by atoms with Crippen molar-refractivity contribution in [2.45, 2.75) is 26.4 Å². The molecule has 1 rings (SSSR count). The Morgan fingerprint density at radius 1 is 1.50 bits per heavy atom. The maximum atomic E-state index is 11.5. The van der Waals surface area contributed by atoms with E-state index in [0.29, 0.717) is 19.6 Å². The molecule has 0 saturated carbocycles. The Labute approximate surface area is 105 Å². The van der Waals surface area contributed by atoms with E-state index in [2.05, 4.69) is 5.32 Å². The maximum Gasteiger partial charge on any atom is 0.338 e. The van der Waals surface area contributed by atoms with Gasteiger partial charge in [-0.25, -0.2) is 4.79 Å². The van der Waals surface area contributed by atoms with Crippen molar-refractivity contribution in [3.05, 3.63) is 23.7 Å². The summed E-state index contributed by atoms with van der Waals surface area (Å²) in [6, 6.07) is 1.20. The Morgan fingerprint density at radius 3 is 2.78 bits per heavy atom. The molecule has 0 unspecified atom stereocenters. The number of hydrogen-bond donors (Lipinski definition) is 2. The summed E-state index contributed by atoms with van der Waals surface area (Å²) < 4.78 is 10.2. The second-order valence-electron chi connectivity index (χ2n) is 4.03. The molecule has 6 nitrogen and oxygen atoms in total. The number of carbonyl (C=O) groups is 2. The van der Waals surface area contributed by atoms with Crippen molar-refractivity contribution >= 4 is 11.9 Å². The number of furan rings is 1. The number of aromatic carboxylic acids is 1. The highest BCUT2D eigenvalue weighted by atomic mass is 16.5. The zero-order valence-corrected chi connectivity index (χ0v) is 10.4. The van der Waals surface area contributed by atoms with Gasteiger partial charge < -0.3 is 19.6 Å². The lowest BCUT2D eigenvalue weighted by Gasteiger charge is -2.07. The lowest BCUT2D eigenvalue weighted by Crippen LogP contribution is -2.25. The van der Waals surface area contributed by atoms with E-state index < -0.39 is 11.9 Å². The molecule has 0 aliphatic carbocycles. The van der Waals surface area contributed by atoms with E-state index in [0.717, 1.165) is 6.26 Å². The third-order valence-electron chi connectivity index (χ3n) is 2.13. The van der Waals surface area contributed by atoms with Crippen LogP contribution in [0.25, 0.3) is 0 Å². The van der Waals surface area contributed by atoms with Crippen LogP contribution < -0.4 is 5.32 Å². The second-order valence-corrected chi connectivity index (χ2v) is 4.03. The van der Waals surface area contributed by atoms with E-state index in [4.69, 9.17) is 14.3 Å². The molecular weight excluding hydrogens is 238 g/mol. The molecule has 0 atom stereocenters. The van der Waals surface area contributed by atoms with Gasteiger partial charge in [-0.3, -0.25) is 4.79 Å². The van der Waals surface area contributed by atoms with Gasteiger partial charge in [0.05, 0.1) is 11.7 Å². The van der Waals surface area contributed by atoms with Crippen molar-refractivity contribution in [1.82, 2.24) is 5.32 Å². The number of carboxylic acids is 1. The van der Waals surface area contributed by atoms with E-state index in [1.54, 1.807) is 0 Å². The molecule has 0 saturated heterocycles. The van der Waals surface area contributed by atoms with Crippen molar-refractivity contribution in [1.29, 1.82) is 0 Å². The summed E-state index contributed by atoms with van der Waals surface area (Å²) in [7, 11) is 0. The summed E-state index contributed by atoms with van der Waals surface area (Å²) in [5.41, 5.74) is -0.0386. The molecule has 0 aliphatic rings. The Morgan fingerprint density at radius 2 is 2.22 bits per heavy atom. The van der Waals surface area contributed by atoms with Gasteiger partial charge in [0.1, 0.15) is 6.26 Å². The highest BCUT2D eigenvalue weighted by Crippen LogP contribution is 2.07. The fourth-order valence-corrected chi connectivity index (χ4v) is 1.25. The normalized spacial score (nSPS) is 10.6. The third-order valence-corrected chi connectivity index (χ3v) is 2.13.